The molecule has 0 fully saturated rings. The Morgan fingerprint density at radius 1 is 2.00 bits per heavy atom. The fourth-order valence-corrected chi connectivity index (χ4v) is 0.0911. The minimum Gasteiger partial charge on any atom is -0.396 e. The van der Waals surface area contributed by atoms with Crippen LogP contribution in [0.5, 0.6) is 0 Å². The highest BCUT2D eigenvalue weighted by Crippen LogP contribution is 1.76. The lowest BCUT2D eigenvalue weighted by atomic mass is 10.6. The number of diazo groups is 1. The van der Waals surface area contributed by atoms with Crippen molar-refractivity contribution < 1.29 is 0 Å². The molecule has 0 radical (unpaired) electrons. The first-order valence-electron chi connectivity index (χ1n) is 1.54. The van der Waals surface area contributed by atoms with Crippen LogP contribution in [0.3, 0.4) is 0 Å². The highest BCUT2D eigenvalue weighted by atomic mass is 14.8. The molecule has 0 aliphatic rings. The van der Waals surface area contributed by atoms with Crippen LogP contribution in [0.1, 0.15) is 6.92 Å². The number of nitrogens with two attached hydrogens (primary N) is 1. The van der Waals surface area contributed by atoms with Gasteiger partial charge in [-0.05, 0) is 6.92 Å². The largest absolute Gasteiger partial charge is 0.396 e. The second-order valence-electron chi connectivity index (χ2n) is 0.989. The molecule has 0 atom stereocenters. The summed E-state index contributed by atoms with van der Waals surface area (Å²) < 4.78 is 0. The molecule has 3 nitrogen and oxygen atoms in total. The molecule has 0 aromatic carbocycles. The van der Waals surface area contributed by atoms with Crippen LogP contribution in [-0.4, -0.2) is 0 Å². The molecule has 0 saturated heterocycles. The van der Waals surface area contributed by atoms with Crippen LogP contribution in [-0.2, 0) is 0 Å². The molecule has 0 aliphatic carbocycles. The summed E-state index contributed by atoms with van der Waals surface area (Å²) in [6.45, 7) is 1.64. The monoisotopic (exact) mass is 84.1 g/mol. The first-order valence-corrected chi connectivity index (χ1v) is 1.54. The summed E-state index contributed by atoms with van der Waals surface area (Å²) in [6.07, 6.45) is 1.17. The van der Waals surface area contributed by atoms with Gasteiger partial charge < -0.3 is 5.73 Å². The Labute approximate surface area is 36.1 Å². The summed E-state index contributed by atoms with van der Waals surface area (Å²) in [7, 11) is 0. The van der Waals surface area contributed by atoms with E-state index in [4.69, 9.17) is 11.1 Å². The van der Waals surface area contributed by atoms with Gasteiger partial charge in [0.2, 0.25) is 5.39 Å². The Morgan fingerprint density at radius 3 is 2.50 bits per heavy atom. The van der Waals surface area contributed by atoms with Crippen molar-refractivity contribution in [3.63, 3.8) is 0 Å². The van der Waals surface area contributed by atoms with Gasteiger partial charge in [-0.25, -0.2) is 0 Å². The Morgan fingerprint density at radius 2 is 2.50 bits per heavy atom. The maximum Gasteiger partial charge on any atom is 0.368 e. The van der Waals surface area contributed by atoms with Gasteiger partial charge in [0.1, 0.15) is 0 Å². The lowest BCUT2D eigenvalue weighted by Gasteiger charge is -1.66. The molecule has 0 aromatic rings. The molecule has 0 heterocycles. The second kappa shape index (κ2) is 2.21. The van der Waals surface area contributed by atoms with Gasteiger partial charge in [0, 0.05) is 0 Å². The predicted octanol–water partition coefficient (Wildman–Crippen LogP) is 0.659. The van der Waals surface area contributed by atoms with Crippen LogP contribution in [0.25, 0.3) is 4.98 Å². The number of hydrogen-bond acceptors (Lipinski definition) is 2. The first kappa shape index (κ1) is 4.96. The van der Waals surface area contributed by atoms with Gasteiger partial charge in [-0.15, -0.1) is 0 Å². The topological polar surface area (TPSA) is 54.2 Å². The maximum atomic E-state index is 7.71. The molecule has 0 saturated carbocycles. The van der Waals surface area contributed by atoms with Crippen molar-refractivity contribution in [1.29, 1.82) is 5.39 Å². The zero-order valence-corrected chi connectivity index (χ0v) is 3.55. The highest BCUT2D eigenvalue weighted by Gasteiger charge is 1.80. The van der Waals surface area contributed by atoms with Gasteiger partial charge in [-0.3, -0.25) is 0 Å². The third-order valence-corrected chi connectivity index (χ3v) is 0.261. The van der Waals surface area contributed by atoms with E-state index >= 15 is 0 Å². The zero-order valence-electron chi connectivity index (χ0n) is 3.55. The minimum atomic E-state index is 0.498. The van der Waals surface area contributed by atoms with E-state index in [0.717, 1.165) is 0 Å². The summed E-state index contributed by atoms with van der Waals surface area (Å²) in [5.74, 6) is 0. The van der Waals surface area contributed by atoms with Crippen molar-refractivity contribution in [3.8, 4) is 0 Å². The molecule has 0 rings (SSSR count). The lowest BCUT2D eigenvalue weighted by Crippen LogP contribution is -1.86. The zero-order chi connectivity index (χ0) is 4.99. The number of allylic oxidation sites excluding steroid dienone is 1. The van der Waals surface area contributed by atoms with Gasteiger partial charge in [0.25, 0.3) is 0 Å². The van der Waals surface area contributed by atoms with Crippen LogP contribution in [0.4, 0.5) is 0 Å². The Hall–Kier alpha value is -1.04. The van der Waals surface area contributed by atoms with Crippen molar-refractivity contribution in [1.82, 2.24) is 0 Å². The van der Waals surface area contributed by atoms with E-state index in [1.807, 2.05) is 0 Å². The molecular weight excluding hydrogens is 78.1 g/mol. The number of nitrogens with zero attached hydrogens (tertiary/aromatic N) is 2. The van der Waals surface area contributed by atoms with Crippen LogP contribution >= 0.6 is 0 Å². The quantitative estimate of drug-likeness (QED) is 0.438. The Balaban J connectivity index is 3.51. The van der Waals surface area contributed by atoms with Crippen molar-refractivity contribution in [2.45, 2.75) is 6.92 Å². The second-order valence-corrected chi connectivity index (χ2v) is 0.989. The van der Waals surface area contributed by atoms with Gasteiger partial charge in [0.15, 0.2) is 4.98 Å². The van der Waals surface area contributed by atoms with Crippen molar-refractivity contribution in [2.24, 2.45) is 5.73 Å². The predicted molar refractivity (Wildman–Crippen MR) is 23.0 cm³/mol. The Bertz CT molecular complexity index is 93.1. The third kappa shape index (κ3) is 2.96. The van der Waals surface area contributed by atoms with E-state index in [0.29, 0.717) is 5.70 Å². The molecule has 0 spiro atoms. The van der Waals surface area contributed by atoms with E-state index in [-0.39, 0.29) is 0 Å². The number of rotatable bonds is 0. The van der Waals surface area contributed by atoms with E-state index in [1.54, 1.807) is 6.92 Å². The summed E-state index contributed by atoms with van der Waals surface area (Å²) in [4.78, 5) is 2.65. The van der Waals surface area contributed by atoms with Gasteiger partial charge in [-0.1, -0.05) is 0 Å². The molecule has 0 aliphatic heterocycles. The van der Waals surface area contributed by atoms with E-state index < -0.39 is 0 Å². The Kier molecular flexibility index (Phi) is 1.83. The van der Waals surface area contributed by atoms with Crippen LogP contribution in [0, 0.1) is 5.39 Å². The van der Waals surface area contributed by atoms with Gasteiger partial charge >= 0.3 is 6.20 Å². The summed E-state index contributed by atoms with van der Waals surface area (Å²) >= 11 is 0. The van der Waals surface area contributed by atoms with Crippen LogP contribution < -0.4 is 5.73 Å². The molecule has 32 valence electrons. The molecule has 0 amide bonds. The molecular formula is C3H6N3+. The fraction of sp³-hybridized carbons (Fsp3) is 0.333. The summed E-state index contributed by atoms with van der Waals surface area (Å²) in [6, 6.07) is 0. The van der Waals surface area contributed by atoms with Crippen molar-refractivity contribution in [2.75, 3.05) is 0 Å². The molecule has 3 heteroatoms. The van der Waals surface area contributed by atoms with Crippen LogP contribution in [0.2, 0.25) is 0 Å². The molecule has 0 bridgehead atoms. The highest BCUT2D eigenvalue weighted by molar-refractivity contribution is 4.95. The molecule has 2 N–H and O–H groups in total. The molecule has 0 aromatic heterocycles. The SMILES string of the molecule is CC(N)=C[N+]#N. The molecule has 6 heavy (non-hydrogen) atoms. The average molecular weight is 84.1 g/mol. The van der Waals surface area contributed by atoms with E-state index in [9.17, 15) is 0 Å². The fourth-order valence-electron chi connectivity index (χ4n) is 0.0911. The van der Waals surface area contributed by atoms with Gasteiger partial charge in [0.05, 0.1) is 5.70 Å². The summed E-state index contributed by atoms with van der Waals surface area (Å²) in [5.41, 5.74) is 5.51. The van der Waals surface area contributed by atoms with Crippen LogP contribution in [0.15, 0.2) is 11.9 Å². The normalized spacial score (nSPS) is 10.3. The van der Waals surface area contributed by atoms with Crippen molar-refractivity contribution in [3.05, 3.63) is 16.9 Å². The lowest BCUT2D eigenvalue weighted by molar-refractivity contribution is 1.30. The smallest absolute Gasteiger partial charge is 0.368 e. The summed E-state index contributed by atoms with van der Waals surface area (Å²) in [5, 5.41) is 7.71. The van der Waals surface area contributed by atoms with Crippen molar-refractivity contribution >= 4 is 0 Å². The van der Waals surface area contributed by atoms with E-state index in [2.05, 4.69) is 4.98 Å². The average Bonchev–Trinajstić information content (AvgIpc) is 1.35. The molecule has 0 unspecified atom stereocenters. The first-order chi connectivity index (χ1) is 2.77. The van der Waals surface area contributed by atoms with Gasteiger partial charge in [-0.2, -0.15) is 0 Å². The standard InChI is InChI=1S/C3H6N3/c1-3(4)2-6-5/h2H,4H2,1H3/q+1. The minimum absolute atomic E-state index is 0.498. The van der Waals surface area contributed by atoms with E-state index in [1.165, 1.54) is 6.20 Å². The number of hydrogen-bond donors (Lipinski definition) is 1. The third-order valence-electron chi connectivity index (χ3n) is 0.261. The maximum absolute atomic E-state index is 7.71.